The minimum Gasteiger partial charge on any atom is -0.384 e. The van der Waals surface area contributed by atoms with Crippen molar-refractivity contribution < 1.29 is 9.53 Å². The summed E-state index contributed by atoms with van der Waals surface area (Å²) in [6.07, 6.45) is 3.12. The summed E-state index contributed by atoms with van der Waals surface area (Å²) in [5, 5.41) is 3.41. The SMILES string of the molecule is COCCC(=O)N1CCN(CC2CCNCC2)CC1.Cl. The van der Waals surface area contributed by atoms with Gasteiger partial charge in [-0.1, -0.05) is 0 Å². The van der Waals surface area contributed by atoms with Gasteiger partial charge in [0.25, 0.3) is 0 Å². The summed E-state index contributed by atoms with van der Waals surface area (Å²) in [4.78, 5) is 16.4. The summed E-state index contributed by atoms with van der Waals surface area (Å²) < 4.78 is 4.96. The van der Waals surface area contributed by atoms with Crippen molar-refractivity contribution in [1.82, 2.24) is 15.1 Å². The molecule has 0 radical (unpaired) electrons. The highest BCUT2D eigenvalue weighted by Crippen LogP contribution is 2.15. The molecule has 118 valence electrons. The van der Waals surface area contributed by atoms with Crippen LogP contribution in [0.5, 0.6) is 0 Å². The lowest BCUT2D eigenvalue weighted by Gasteiger charge is -2.37. The van der Waals surface area contributed by atoms with Crippen LogP contribution < -0.4 is 5.32 Å². The fourth-order valence-corrected chi connectivity index (χ4v) is 2.96. The maximum absolute atomic E-state index is 11.9. The molecule has 5 nitrogen and oxygen atoms in total. The number of carbonyl (C=O) groups is 1. The summed E-state index contributed by atoms with van der Waals surface area (Å²) >= 11 is 0. The largest absolute Gasteiger partial charge is 0.384 e. The number of piperidine rings is 1. The summed E-state index contributed by atoms with van der Waals surface area (Å²) in [6, 6.07) is 0. The molecule has 2 saturated heterocycles. The lowest BCUT2D eigenvalue weighted by Crippen LogP contribution is -2.50. The molecule has 20 heavy (non-hydrogen) atoms. The zero-order valence-corrected chi connectivity index (χ0v) is 13.3. The molecule has 2 rings (SSSR count). The minimum atomic E-state index is 0. The predicted octanol–water partition coefficient (Wildman–Crippen LogP) is 0.589. The summed E-state index contributed by atoms with van der Waals surface area (Å²) in [5.74, 6) is 1.08. The van der Waals surface area contributed by atoms with Crippen LogP contribution in [0.1, 0.15) is 19.3 Å². The van der Waals surface area contributed by atoms with Crippen molar-refractivity contribution in [3.8, 4) is 0 Å². The molecule has 1 amide bonds. The van der Waals surface area contributed by atoms with Crippen LogP contribution in [0.3, 0.4) is 0 Å². The van der Waals surface area contributed by atoms with Gasteiger partial charge in [-0.3, -0.25) is 9.69 Å². The Morgan fingerprint density at radius 1 is 1.20 bits per heavy atom. The average Bonchev–Trinajstić information content (AvgIpc) is 2.46. The molecule has 2 fully saturated rings. The van der Waals surface area contributed by atoms with E-state index in [1.54, 1.807) is 7.11 Å². The second-order valence-corrected chi connectivity index (χ2v) is 5.62. The van der Waals surface area contributed by atoms with Crippen molar-refractivity contribution in [3.05, 3.63) is 0 Å². The summed E-state index contributed by atoms with van der Waals surface area (Å²) in [5.41, 5.74) is 0. The monoisotopic (exact) mass is 305 g/mol. The maximum Gasteiger partial charge on any atom is 0.224 e. The third kappa shape index (κ3) is 5.56. The highest BCUT2D eigenvalue weighted by Gasteiger charge is 2.23. The molecular formula is C14H28ClN3O2. The quantitative estimate of drug-likeness (QED) is 0.807. The van der Waals surface area contributed by atoms with Crippen molar-refractivity contribution in [2.45, 2.75) is 19.3 Å². The Kier molecular flexibility index (Phi) is 8.45. The molecule has 1 N–H and O–H groups in total. The Morgan fingerprint density at radius 3 is 2.45 bits per heavy atom. The molecule has 0 aliphatic carbocycles. The number of methoxy groups -OCH3 is 1. The van der Waals surface area contributed by atoms with Gasteiger partial charge in [-0.15, -0.1) is 12.4 Å². The normalized spacial score (nSPS) is 21.6. The van der Waals surface area contributed by atoms with Gasteiger partial charge in [-0.2, -0.15) is 0 Å². The van der Waals surface area contributed by atoms with Crippen LogP contribution in [0.15, 0.2) is 0 Å². The van der Waals surface area contributed by atoms with Crippen LogP contribution in [0.2, 0.25) is 0 Å². The molecule has 0 aromatic heterocycles. The number of piperazine rings is 1. The summed E-state index contributed by atoms with van der Waals surface area (Å²) in [6.45, 7) is 7.91. The van der Waals surface area contributed by atoms with Crippen molar-refractivity contribution >= 4 is 18.3 Å². The van der Waals surface area contributed by atoms with E-state index in [-0.39, 0.29) is 18.3 Å². The second-order valence-electron chi connectivity index (χ2n) is 5.62. The first kappa shape index (κ1) is 17.7. The van der Waals surface area contributed by atoms with Gasteiger partial charge < -0.3 is 15.0 Å². The van der Waals surface area contributed by atoms with E-state index < -0.39 is 0 Å². The van der Waals surface area contributed by atoms with E-state index in [0.717, 1.165) is 32.1 Å². The van der Waals surface area contributed by atoms with E-state index >= 15 is 0 Å². The first-order chi connectivity index (χ1) is 9.29. The lowest BCUT2D eigenvalue weighted by molar-refractivity contribution is -0.133. The van der Waals surface area contributed by atoms with Gasteiger partial charge in [0.05, 0.1) is 13.0 Å². The van der Waals surface area contributed by atoms with Crippen molar-refractivity contribution in [2.24, 2.45) is 5.92 Å². The van der Waals surface area contributed by atoms with Gasteiger partial charge in [0.1, 0.15) is 0 Å². The molecule has 0 unspecified atom stereocenters. The number of ether oxygens (including phenoxy) is 1. The molecule has 0 aromatic carbocycles. The fraction of sp³-hybridized carbons (Fsp3) is 0.929. The zero-order chi connectivity index (χ0) is 13.5. The van der Waals surface area contributed by atoms with Crippen LogP contribution in [0, 0.1) is 5.92 Å². The summed E-state index contributed by atoms with van der Waals surface area (Å²) in [7, 11) is 1.64. The van der Waals surface area contributed by atoms with Gasteiger partial charge in [0, 0.05) is 39.8 Å². The standard InChI is InChI=1S/C14H27N3O2.ClH/c1-19-11-4-14(18)17-9-7-16(8-10-17)12-13-2-5-15-6-3-13;/h13,15H,2-12H2,1H3;1H. The molecule has 2 aliphatic heterocycles. The predicted molar refractivity (Wildman–Crippen MR) is 82.4 cm³/mol. The molecule has 2 aliphatic rings. The van der Waals surface area contributed by atoms with E-state index in [1.165, 1.54) is 32.5 Å². The molecular weight excluding hydrogens is 278 g/mol. The van der Waals surface area contributed by atoms with Crippen LogP contribution in [-0.4, -0.2) is 75.2 Å². The van der Waals surface area contributed by atoms with Crippen LogP contribution in [0.4, 0.5) is 0 Å². The highest BCUT2D eigenvalue weighted by molar-refractivity contribution is 5.85. The number of carbonyl (C=O) groups excluding carboxylic acids is 1. The van der Waals surface area contributed by atoms with Crippen LogP contribution in [-0.2, 0) is 9.53 Å². The Balaban J connectivity index is 0.00000200. The van der Waals surface area contributed by atoms with Crippen molar-refractivity contribution in [1.29, 1.82) is 0 Å². The number of amides is 1. The second kappa shape index (κ2) is 9.55. The van der Waals surface area contributed by atoms with Crippen LogP contribution in [0.25, 0.3) is 0 Å². The fourth-order valence-electron chi connectivity index (χ4n) is 2.96. The third-order valence-corrected chi connectivity index (χ3v) is 4.22. The topological polar surface area (TPSA) is 44.8 Å². The Bertz CT molecular complexity index is 278. The Morgan fingerprint density at radius 2 is 1.85 bits per heavy atom. The van der Waals surface area contributed by atoms with E-state index in [0.29, 0.717) is 13.0 Å². The van der Waals surface area contributed by atoms with E-state index in [4.69, 9.17) is 4.74 Å². The molecule has 0 atom stereocenters. The minimum absolute atomic E-state index is 0. The Labute approximate surface area is 128 Å². The van der Waals surface area contributed by atoms with Gasteiger partial charge in [-0.05, 0) is 31.8 Å². The van der Waals surface area contributed by atoms with Gasteiger partial charge in [0.2, 0.25) is 5.91 Å². The molecule has 0 saturated carbocycles. The number of halogens is 1. The zero-order valence-electron chi connectivity index (χ0n) is 12.5. The Hall–Kier alpha value is -0.360. The van der Waals surface area contributed by atoms with E-state index in [1.807, 2.05) is 4.90 Å². The molecule has 2 heterocycles. The number of rotatable bonds is 5. The van der Waals surface area contributed by atoms with Gasteiger partial charge in [-0.25, -0.2) is 0 Å². The maximum atomic E-state index is 11.9. The lowest BCUT2D eigenvalue weighted by atomic mass is 9.97. The van der Waals surface area contributed by atoms with E-state index in [2.05, 4.69) is 10.2 Å². The van der Waals surface area contributed by atoms with E-state index in [9.17, 15) is 4.79 Å². The van der Waals surface area contributed by atoms with Crippen molar-refractivity contribution in [2.75, 3.05) is 59.5 Å². The molecule has 0 aromatic rings. The third-order valence-electron chi connectivity index (χ3n) is 4.22. The molecule has 6 heteroatoms. The van der Waals surface area contributed by atoms with Crippen LogP contribution >= 0.6 is 12.4 Å². The number of nitrogens with zero attached hydrogens (tertiary/aromatic N) is 2. The average molecular weight is 306 g/mol. The van der Waals surface area contributed by atoms with Gasteiger partial charge >= 0.3 is 0 Å². The number of hydrogen-bond acceptors (Lipinski definition) is 4. The number of nitrogens with one attached hydrogen (secondary N) is 1. The smallest absolute Gasteiger partial charge is 0.224 e. The number of hydrogen-bond donors (Lipinski definition) is 1. The van der Waals surface area contributed by atoms with Crippen molar-refractivity contribution in [3.63, 3.8) is 0 Å². The first-order valence-electron chi connectivity index (χ1n) is 7.49. The molecule has 0 spiro atoms. The first-order valence-corrected chi connectivity index (χ1v) is 7.49. The van der Waals surface area contributed by atoms with Gasteiger partial charge in [0.15, 0.2) is 0 Å². The highest BCUT2D eigenvalue weighted by atomic mass is 35.5. The molecule has 0 bridgehead atoms.